The molecule has 1 atom stereocenters. The van der Waals surface area contributed by atoms with Crippen LogP contribution >= 0.6 is 0 Å². The van der Waals surface area contributed by atoms with E-state index in [9.17, 15) is 14.0 Å². The van der Waals surface area contributed by atoms with Crippen molar-refractivity contribution >= 4 is 17.6 Å². The molecule has 0 radical (unpaired) electrons. The summed E-state index contributed by atoms with van der Waals surface area (Å²) in [4.78, 5) is 26.4. The first-order valence-corrected chi connectivity index (χ1v) is 8.90. The van der Waals surface area contributed by atoms with Gasteiger partial charge in [0.05, 0.1) is 12.6 Å². The van der Waals surface area contributed by atoms with Crippen molar-refractivity contribution < 1.29 is 14.0 Å². The van der Waals surface area contributed by atoms with Crippen molar-refractivity contribution in [3.63, 3.8) is 0 Å². The lowest BCUT2D eigenvalue weighted by Crippen LogP contribution is -2.51. The molecule has 7 heteroatoms. The Balaban J connectivity index is 1.59. The number of piperazine rings is 1. The number of carbonyl (C=O) groups excluding carboxylic acids is 2. The van der Waals surface area contributed by atoms with Crippen LogP contribution in [0.4, 0.5) is 14.9 Å². The third-order valence-corrected chi connectivity index (χ3v) is 4.47. The topological polar surface area (TPSA) is 73.5 Å². The third kappa shape index (κ3) is 5.04. The zero-order valence-electron chi connectivity index (χ0n) is 15.2. The second-order valence-corrected chi connectivity index (χ2v) is 6.54. The number of hydrogen-bond donors (Lipinski definition) is 3. The fourth-order valence-electron chi connectivity index (χ4n) is 3.17. The first-order chi connectivity index (χ1) is 13.0. The van der Waals surface area contributed by atoms with Gasteiger partial charge in [-0.05, 0) is 42.3 Å². The summed E-state index contributed by atoms with van der Waals surface area (Å²) in [6, 6.07) is 13.0. The van der Waals surface area contributed by atoms with Crippen LogP contribution < -0.4 is 16.0 Å². The number of anilines is 1. The quantitative estimate of drug-likeness (QED) is 0.774. The molecule has 2 aromatic rings. The molecule has 1 unspecified atom stereocenters. The lowest BCUT2D eigenvalue weighted by molar-refractivity contribution is -0.133. The Morgan fingerprint density at radius 3 is 2.81 bits per heavy atom. The normalized spacial score (nSPS) is 16.7. The van der Waals surface area contributed by atoms with E-state index in [1.807, 2.05) is 25.1 Å². The van der Waals surface area contributed by atoms with Crippen LogP contribution in [0.1, 0.15) is 17.2 Å². The third-order valence-electron chi connectivity index (χ3n) is 4.47. The molecule has 0 aliphatic carbocycles. The van der Waals surface area contributed by atoms with Crippen LogP contribution in [0.2, 0.25) is 0 Å². The van der Waals surface area contributed by atoms with Gasteiger partial charge in [-0.3, -0.25) is 4.79 Å². The summed E-state index contributed by atoms with van der Waals surface area (Å²) < 4.78 is 13.6. The first-order valence-electron chi connectivity index (χ1n) is 8.90. The molecule has 0 spiro atoms. The number of carbonyl (C=O) groups is 2. The molecule has 0 bridgehead atoms. The van der Waals surface area contributed by atoms with Crippen LogP contribution in [0.3, 0.4) is 0 Å². The van der Waals surface area contributed by atoms with E-state index >= 15 is 0 Å². The molecule has 6 nitrogen and oxygen atoms in total. The average Bonchev–Trinajstić information content (AvgIpc) is 2.66. The maximum absolute atomic E-state index is 13.6. The van der Waals surface area contributed by atoms with Crippen LogP contribution in [-0.4, -0.2) is 43.0 Å². The highest BCUT2D eigenvalue weighted by Gasteiger charge is 2.28. The van der Waals surface area contributed by atoms with Gasteiger partial charge in [0.2, 0.25) is 5.91 Å². The van der Waals surface area contributed by atoms with E-state index in [2.05, 4.69) is 16.0 Å². The van der Waals surface area contributed by atoms with E-state index < -0.39 is 6.03 Å². The Bertz CT molecular complexity index is 827. The van der Waals surface area contributed by atoms with E-state index in [1.165, 1.54) is 12.1 Å². The Morgan fingerprint density at radius 1 is 1.22 bits per heavy atom. The SMILES string of the molecule is Cc1cccc(NC(=O)NCC(=O)N2CCNCC2c2cccc(F)c2)c1. The second kappa shape index (κ2) is 8.64. The fourth-order valence-corrected chi connectivity index (χ4v) is 3.17. The largest absolute Gasteiger partial charge is 0.332 e. The lowest BCUT2D eigenvalue weighted by atomic mass is 10.0. The fraction of sp³-hybridized carbons (Fsp3) is 0.300. The van der Waals surface area contributed by atoms with Crippen molar-refractivity contribution in [1.29, 1.82) is 0 Å². The molecule has 27 heavy (non-hydrogen) atoms. The molecule has 3 N–H and O–H groups in total. The molecule has 1 aliphatic heterocycles. The summed E-state index contributed by atoms with van der Waals surface area (Å²) in [6.45, 7) is 3.52. The number of amides is 3. The predicted octanol–water partition coefficient (Wildman–Crippen LogP) is 2.43. The molecular weight excluding hydrogens is 347 g/mol. The standard InChI is InChI=1S/C20H23FN4O2/c1-14-4-2-7-17(10-14)24-20(27)23-13-19(26)25-9-8-22-12-18(25)15-5-3-6-16(21)11-15/h2-7,10-11,18,22H,8-9,12-13H2,1H3,(H2,23,24,27). The molecule has 1 fully saturated rings. The van der Waals surface area contributed by atoms with Gasteiger partial charge in [0, 0.05) is 25.3 Å². The van der Waals surface area contributed by atoms with Gasteiger partial charge in [-0.15, -0.1) is 0 Å². The number of aryl methyl sites for hydroxylation is 1. The van der Waals surface area contributed by atoms with Crippen molar-refractivity contribution in [3.05, 3.63) is 65.5 Å². The maximum Gasteiger partial charge on any atom is 0.319 e. The Labute approximate surface area is 157 Å². The van der Waals surface area contributed by atoms with Crippen LogP contribution in [-0.2, 0) is 4.79 Å². The molecular formula is C20H23FN4O2. The number of nitrogens with one attached hydrogen (secondary N) is 3. The van der Waals surface area contributed by atoms with E-state index in [1.54, 1.807) is 23.1 Å². The zero-order valence-corrected chi connectivity index (χ0v) is 15.2. The van der Waals surface area contributed by atoms with Crippen LogP contribution in [0.5, 0.6) is 0 Å². The number of rotatable bonds is 4. The van der Waals surface area contributed by atoms with E-state index in [-0.39, 0.29) is 24.3 Å². The molecule has 3 rings (SSSR count). The number of urea groups is 1. The number of hydrogen-bond acceptors (Lipinski definition) is 3. The van der Waals surface area contributed by atoms with Crippen molar-refractivity contribution in [1.82, 2.24) is 15.5 Å². The maximum atomic E-state index is 13.6. The highest BCUT2D eigenvalue weighted by atomic mass is 19.1. The molecule has 1 heterocycles. The summed E-state index contributed by atoms with van der Waals surface area (Å²) in [5.41, 5.74) is 2.43. The predicted molar refractivity (Wildman–Crippen MR) is 102 cm³/mol. The Kier molecular flexibility index (Phi) is 6.03. The molecule has 0 saturated carbocycles. The lowest BCUT2D eigenvalue weighted by Gasteiger charge is -2.36. The van der Waals surface area contributed by atoms with Crippen LogP contribution in [0.15, 0.2) is 48.5 Å². The van der Waals surface area contributed by atoms with Crippen molar-refractivity contribution in [2.45, 2.75) is 13.0 Å². The number of nitrogens with zero attached hydrogens (tertiary/aromatic N) is 1. The van der Waals surface area contributed by atoms with Gasteiger partial charge in [0.15, 0.2) is 0 Å². The zero-order chi connectivity index (χ0) is 19.2. The van der Waals surface area contributed by atoms with Crippen molar-refractivity contribution in [3.8, 4) is 0 Å². The van der Waals surface area contributed by atoms with Gasteiger partial charge in [0.25, 0.3) is 0 Å². The van der Waals surface area contributed by atoms with Crippen LogP contribution in [0, 0.1) is 12.7 Å². The molecule has 2 aromatic carbocycles. The molecule has 1 saturated heterocycles. The highest BCUT2D eigenvalue weighted by Crippen LogP contribution is 2.22. The number of benzene rings is 2. The van der Waals surface area contributed by atoms with Crippen molar-refractivity contribution in [2.24, 2.45) is 0 Å². The van der Waals surface area contributed by atoms with Crippen LogP contribution in [0.25, 0.3) is 0 Å². The minimum absolute atomic E-state index is 0.122. The Hall–Kier alpha value is -2.93. The molecule has 1 aliphatic rings. The monoisotopic (exact) mass is 370 g/mol. The summed E-state index contributed by atoms with van der Waals surface area (Å²) in [5.74, 6) is -0.536. The summed E-state index contributed by atoms with van der Waals surface area (Å²) in [5, 5.41) is 8.53. The van der Waals surface area contributed by atoms with Gasteiger partial charge in [-0.2, -0.15) is 0 Å². The van der Waals surface area contributed by atoms with Gasteiger partial charge >= 0.3 is 6.03 Å². The van der Waals surface area contributed by atoms with Gasteiger partial charge < -0.3 is 20.9 Å². The average molecular weight is 370 g/mol. The van der Waals surface area contributed by atoms with Gasteiger partial charge in [-0.1, -0.05) is 24.3 Å². The van der Waals surface area contributed by atoms with Gasteiger partial charge in [0.1, 0.15) is 5.82 Å². The summed E-state index contributed by atoms with van der Waals surface area (Å²) >= 11 is 0. The second-order valence-electron chi connectivity index (χ2n) is 6.54. The van der Waals surface area contributed by atoms with E-state index in [0.717, 1.165) is 11.1 Å². The molecule has 3 amide bonds. The summed E-state index contributed by atoms with van der Waals surface area (Å²) in [6.07, 6.45) is 0. The van der Waals surface area contributed by atoms with Gasteiger partial charge in [-0.25, -0.2) is 9.18 Å². The highest BCUT2D eigenvalue weighted by molar-refractivity contribution is 5.92. The molecule has 142 valence electrons. The van der Waals surface area contributed by atoms with Crippen molar-refractivity contribution in [2.75, 3.05) is 31.5 Å². The number of halogens is 1. The Morgan fingerprint density at radius 2 is 2.04 bits per heavy atom. The summed E-state index contributed by atoms with van der Waals surface area (Å²) in [7, 11) is 0. The van der Waals surface area contributed by atoms with E-state index in [4.69, 9.17) is 0 Å². The smallest absolute Gasteiger partial charge is 0.319 e. The first kappa shape index (κ1) is 18.8. The minimum Gasteiger partial charge on any atom is -0.332 e. The molecule has 0 aromatic heterocycles. The van der Waals surface area contributed by atoms with E-state index in [0.29, 0.717) is 25.3 Å². The minimum atomic E-state index is -0.439.